The van der Waals surface area contributed by atoms with Gasteiger partial charge in [0.2, 0.25) is 5.91 Å². The molecule has 0 radical (unpaired) electrons. The van der Waals surface area contributed by atoms with E-state index in [0.717, 1.165) is 19.6 Å². The molecule has 7 nitrogen and oxygen atoms in total. The van der Waals surface area contributed by atoms with Crippen molar-refractivity contribution < 1.29 is 9.59 Å². The summed E-state index contributed by atoms with van der Waals surface area (Å²) in [5, 5.41) is 8.32. The van der Waals surface area contributed by atoms with Crippen molar-refractivity contribution in [1.29, 1.82) is 0 Å². The van der Waals surface area contributed by atoms with Crippen molar-refractivity contribution in [1.82, 2.24) is 4.90 Å². The van der Waals surface area contributed by atoms with E-state index in [4.69, 9.17) is 5.73 Å². The predicted octanol–water partition coefficient (Wildman–Crippen LogP) is 3.34. The SMILES string of the molecule is Nc1cc(NC(=O)CCN2CCCC2)cc(NC(=O)Nc2ccccc2)c1. The van der Waals surface area contributed by atoms with Gasteiger partial charge >= 0.3 is 6.03 Å². The molecule has 7 heteroatoms. The van der Waals surface area contributed by atoms with Gasteiger partial charge in [0.1, 0.15) is 0 Å². The number of carbonyl (C=O) groups excluding carboxylic acids is 2. The lowest BCUT2D eigenvalue weighted by Crippen LogP contribution is -2.25. The highest BCUT2D eigenvalue weighted by Gasteiger charge is 2.13. The van der Waals surface area contributed by atoms with Gasteiger partial charge < -0.3 is 26.6 Å². The molecule has 0 aromatic heterocycles. The second kappa shape index (κ2) is 9.05. The van der Waals surface area contributed by atoms with Gasteiger partial charge in [-0.3, -0.25) is 4.79 Å². The normalized spacial score (nSPS) is 13.9. The van der Waals surface area contributed by atoms with Gasteiger partial charge in [-0.15, -0.1) is 0 Å². The van der Waals surface area contributed by atoms with Crippen LogP contribution in [0.3, 0.4) is 0 Å². The summed E-state index contributed by atoms with van der Waals surface area (Å²) < 4.78 is 0. The Balaban J connectivity index is 1.55. The quantitative estimate of drug-likeness (QED) is 0.588. The van der Waals surface area contributed by atoms with Gasteiger partial charge in [-0.25, -0.2) is 4.79 Å². The summed E-state index contributed by atoms with van der Waals surface area (Å²) in [7, 11) is 0. The monoisotopic (exact) mass is 367 g/mol. The van der Waals surface area contributed by atoms with E-state index in [0.29, 0.717) is 29.2 Å². The fourth-order valence-corrected chi connectivity index (χ4v) is 3.10. The van der Waals surface area contributed by atoms with Crippen LogP contribution in [0, 0.1) is 0 Å². The zero-order valence-electron chi connectivity index (χ0n) is 15.2. The molecule has 0 saturated carbocycles. The molecule has 1 aliphatic rings. The number of nitrogen functional groups attached to an aromatic ring is 1. The average molecular weight is 367 g/mol. The molecule has 0 unspecified atom stereocenters. The molecule has 0 aliphatic carbocycles. The largest absolute Gasteiger partial charge is 0.399 e. The Morgan fingerprint density at radius 1 is 0.889 bits per heavy atom. The molecule has 2 aromatic carbocycles. The summed E-state index contributed by atoms with van der Waals surface area (Å²) in [6, 6.07) is 13.8. The van der Waals surface area contributed by atoms with E-state index in [2.05, 4.69) is 20.9 Å². The van der Waals surface area contributed by atoms with Gasteiger partial charge in [0.25, 0.3) is 0 Å². The van der Waals surface area contributed by atoms with Crippen LogP contribution >= 0.6 is 0 Å². The Morgan fingerprint density at radius 2 is 1.52 bits per heavy atom. The summed E-state index contributed by atoms with van der Waals surface area (Å²) >= 11 is 0. The van der Waals surface area contributed by atoms with Crippen LogP contribution < -0.4 is 21.7 Å². The summed E-state index contributed by atoms with van der Waals surface area (Å²) in [6.45, 7) is 2.89. The van der Waals surface area contributed by atoms with Crippen molar-refractivity contribution in [3.8, 4) is 0 Å². The van der Waals surface area contributed by atoms with Gasteiger partial charge in [0.05, 0.1) is 0 Å². The molecule has 1 fully saturated rings. The standard InChI is InChI=1S/C20H25N5O2/c21-15-12-17(22-19(26)8-11-25-9-4-5-10-25)14-18(13-15)24-20(27)23-16-6-2-1-3-7-16/h1-3,6-7,12-14H,4-5,8-11,21H2,(H,22,26)(H2,23,24,27). The number of anilines is 4. The lowest BCUT2D eigenvalue weighted by atomic mass is 10.2. The van der Waals surface area contributed by atoms with Crippen LogP contribution in [-0.4, -0.2) is 36.5 Å². The highest BCUT2D eigenvalue weighted by molar-refractivity contribution is 6.01. The Hall–Kier alpha value is -3.06. The fraction of sp³-hybridized carbons (Fsp3) is 0.300. The van der Waals surface area contributed by atoms with Gasteiger partial charge in [-0.1, -0.05) is 18.2 Å². The fourth-order valence-electron chi connectivity index (χ4n) is 3.10. The van der Waals surface area contributed by atoms with E-state index in [9.17, 15) is 9.59 Å². The number of nitrogens with zero attached hydrogens (tertiary/aromatic N) is 1. The summed E-state index contributed by atoms with van der Waals surface area (Å²) in [4.78, 5) is 26.6. The second-order valence-electron chi connectivity index (χ2n) is 6.64. The molecule has 0 bridgehead atoms. The first-order valence-electron chi connectivity index (χ1n) is 9.14. The number of hydrogen-bond acceptors (Lipinski definition) is 4. The number of amides is 3. The average Bonchev–Trinajstić information content (AvgIpc) is 3.13. The lowest BCUT2D eigenvalue weighted by Gasteiger charge is -2.14. The zero-order chi connectivity index (χ0) is 19.1. The Bertz CT molecular complexity index is 788. The topological polar surface area (TPSA) is 99.5 Å². The molecule has 0 spiro atoms. The molecule has 5 N–H and O–H groups in total. The summed E-state index contributed by atoms with van der Waals surface area (Å²) in [5.41, 5.74) is 8.13. The van der Waals surface area contributed by atoms with Crippen molar-refractivity contribution in [2.45, 2.75) is 19.3 Å². The highest BCUT2D eigenvalue weighted by Crippen LogP contribution is 2.21. The van der Waals surface area contributed by atoms with Crippen LogP contribution in [0.2, 0.25) is 0 Å². The molecule has 3 amide bonds. The summed E-state index contributed by atoms with van der Waals surface area (Å²) in [6.07, 6.45) is 2.85. The Morgan fingerprint density at radius 3 is 2.22 bits per heavy atom. The maximum atomic E-state index is 12.2. The number of carbonyl (C=O) groups is 2. The van der Waals surface area contributed by atoms with Crippen LogP contribution in [0.1, 0.15) is 19.3 Å². The molecule has 27 heavy (non-hydrogen) atoms. The van der Waals surface area contributed by atoms with Gasteiger partial charge in [0, 0.05) is 35.7 Å². The van der Waals surface area contributed by atoms with Crippen LogP contribution in [0.25, 0.3) is 0 Å². The smallest absolute Gasteiger partial charge is 0.323 e. The number of hydrogen-bond donors (Lipinski definition) is 4. The van der Waals surface area contributed by atoms with Crippen LogP contribution in [0.15, 0.2) is 48.5 Å². The molecule has 3 rings (SSSR count). The third kappa shape index (κ3) is 6.00. The van der Waals surface area contributed by atoms with Gasteiger partial charge in [-0.2, -0.15) is 0 Å². The van der Waals surface area contributed by atoms with Crippen molar-refractivity contribution in [2.75, 3.05) is 41.3 Å². The van der Waals surface area contributed by atoms with E-state index < -0.39 is 0 Å². The number of nitrogens with two attached hydrogens (primary N) is 1. The Kier molecular flexibility index (Phi) is 6.27. The van der Waals surface area contributed by atoms with E-state index in [1.54, 1.807) is 30.3 Å². The first kappa shape index (κ1) is 18.7. The molecular formula is C20H25N5O2. The zero-order valence-corrected chi connectivity index (χ0v) is 15.2. The van der Waals surface area contributed by atoms with Crippen molar-refractivity contribution in [3.05, 3.63) is 48.5 Å². The molecule has 0 atom stereocenters. The maximum absolute atomic E-state index is 12.2. The molecule has 2 aromatic rings. The lowest BCUT2D eigenvalue weighted by molar-refractivity contribution is -0.116. The minimum Gasteiger partial charge on any atom is -0.399 e. The third-order valence-corrected chi connectivity index (χ3v) is 4.38. The van der Waals surface area contributed by atoms with Crippen molar-refractivity contribution >= 4 is 34.7 Å². The number of urea groups is 1. The Labute approximate surface area is 158 Å². The van der Waals surface area contributed by atoms with E-state index in [1.807, 2.05) is 18.2 Å². The number of benzene rings is 2. The number of likely N-dealkylation sites (tertiary alicyclic amines) is 1. The molecule has 1 heterocycles. The molecule has 1 aliphatic heterocycles. The minimum absolute atomic E-state index is 0.0628. The minimum atomic E-state index is -0.377. The number of rotatable bonds is 6. The molecule has 142 valence electrons. The van der Waals surface area contributed by atoms with Crippen molar-refractivity contribution in [3.63, 3.8) is 0 Å². The van der Waals surface area contributed by atoms with Crippen LogP contribution in [0.5, 0.6) is 0 Å². The van der Waals surface area contributed by atoms with E-state index in [1.165, 1.54) is 12.8 Å². The number of nitrogens with one attached hydrogen (secondary N) is 3. The molecule has 1 saturated heterocycles. The van der Waals surface area contributed by atoms with Gasteiger partial charge in [0.15, 0.2) is 0 Å². The first-order chi connectivity index (χ1) is 13.1. The maximum Gasteiger partial charge on any atom is 0.323 e. The van der Waals surface area contributed by atoms with Crippen molar-refractivity contribution in [2.24, 2.45) is 0 Å². The molecular weight excluding hydrogens is 342 g/mol. The number of para-hydroxylation sites is 1. The van der Waals surface area contributed by atoms with E-state index in [-0.39, 0.29) is 11.9 Å². The summed E-state index contributed by atoms with van der Waals surface area (Å²) in [5.74, 6) is -0.0628. The van der Waals surface area contributed by atoms with Gasteiger partial charge in [-0.05, 0) is 56.3 Å². The third-order valence-electron chi connectivity index (χ3n) is 4.38. The second-order valence-corrected chi connectivity index (χ2v) is 6.64. The van der Waals surface area contributed by atoms with Crippen LogP contribution in [0.4, 0.5) is 27.5 Å². The van der Waals surface area contributed by atoms with Crippen LogP contribution in [-0.2, 0) is 4.79 Å². The van der Waals surface area contributed by atoms with E-state index >= 15 is 0 Å². The highest BCUT2D eigenvalue weighted by atomic mass is 16.2. The first-order valence-corrected chi connectivity index (χ1v) is 9.14. The predicted molar refractivity (Wildman–Crippen MR) is 109 cm³/mol.